The monoisotopic (exact) mass is 267 g/mol. The minimum absolute atomic E-state index is 0.0593. The smallest absolute Gasteiger partial charge is 0.309 e. The Morgan fingerprint density at radius 1 is 1.63 bits per heavy atom. The lowest BCUT2D eigenvalue weighted by atomic mass is 9.87. The molecule has 1 aliphatic rings. The van der Waals surface area contributed by atoms with Gasteiger partial charge in [0.2, 0.25) is 5.91 Å². The lowest BCUT2D eigenvalue weighted by Gasteiger charge is -2.38. The zero-order valence-corrected chi connectivity index (χ0v) is 10.7. The molecule has 104 valence electrons. The first kappa shape index (κ1) is 13.6. The minimum atomic E-state index is -0.906. The molecule has 6 heteroatoms. The standard InChI is InChI=1S/C13H17NO5/c1-18-8-6-14-11(15)5-4-9(13(16)17)12(14)10-3-2-7-19-10/h2-3,7,9,12H,4-6,8H2,1H3,(H,16,17). The summed E-state index contributed by atoms with van der Waals surface area (Å²) >= 11 is 0. The molecule has 1 aromatic heterocycles. The first-order valence-corrected chi connectivity index (χ1v) is 6.19. The average Bonchev–Trinajstić information content (AvgIpc) is 2.90. The van der Waals surface area contributed by atoms with Crippen LogP contribution in [0.5, 0.6) is 0 Å². The molecule has 1 aliphatic heterocycles. The molecule has 6 nitrogen and oxygen atoms in total. The van der Waals surface area contributed by atoms with E-state index in [1.165, 1.54) is 6.26 Å². The highest BCUT2D eigenvalue weighted by Crippen LogP contribution is 2.36. The van der Waals surface area contributed by atoms with Gasteiger partial charge in [-0.1, -0.05) is 0 Å². The van der Waals surface area contributed by atoms with Gasteiger partial charge in [-0.3, -0.25) is 9.59 Å². The predicted octanol–water partition coefficient (Wildman–Crippen LogP) is 1.29. The van der Waals surface area contributed by atoms with Gasteiger partial charge in [0.05, 0.1) is 18.8 Å². The number of likely N-dealkylation sites (tertiary alicyclic amines) is 1. The fourth-order valence-electron chi connectivity index (χ4n) is 2.48. The summed E-state index contributed by atoms with van der Waals surface area (Å²) in [5, 5.41) is 9.33. The molecule has 0 saturated carbocycles. The fraction of sp³-hybridized carbons (Fsp3) is 0.538. The Balaban J connectivity index is 2.29. The minimum Gasteiger partial charge on any atom is -0.481 e. The zero-order valence-electron chi connectivity index (χ0n) is 10.7. The van der Waals surface area contributed by atoms with E-state index in [2.05, 4.69) is 0 Å². The first-order chi connectivity index (χ1) is 9.15. The Bertz CT molecular complexity index is 442. The van der Waals surface area contributed by atoms with E-state index in [9.17, 15) is 14.7 Å². The van der Waals surface area contributed by atoms with Gasteiger partial charge >= 0.3 is 5.97 Å². The number of carbonyl (C=O) groups excluding carboxylic acids is 1. The van der Waals surface area contributed by atoms with Crippen molar-refractivity contribution in [1.82, 2.24) is 4.90 Å². The zero-order chi connectivity index (χ0) is 13.8. The van der Waals surface area contributed by atoms with Gasteiger partial charge in [-0.25, -0.2) is 0 Å². The second-order valence-corrected chi connectivity index (χ2v) is 4.52. The molecule has 2 unspecified atom stereocenters. The van der Waals surface area contributed by atoms with Crippen molar-refractivity contribution in [2.45, 2.75) is 18.9 Å². The van der Waals surface area contributed by atoms with Gasteiger partial charge in [-0.05, 0) is 18.6 Å². The molecule has 1 saturated heterocycles. The van der Waals surface area contributed by atoms with Crippen molar-refractivity contribution in [3.63, 3.8) is 0 Å². The number of carboxylic acids is 1. The highest BCUT2D eigenvalue weighted by Gasteiger charge is 2.41. The molecule has 0 bridgehead atoms. The third-order valence-corrected chi connectivity index (χ3v) is 3.39. The van der Waals surface area contributed by atoms with Gasteiger partial charge in [0.1, 0.15) is 11.8 Å². The van der Waals surface area contributed by atoms with Gasteiger partial charge < -0.3 is 19.2 Å². The summed E-state index contributed by atoms with van der Waals surface area (Å²) in [4.78, 5) is 24.9. The molecule has 0 aromatic carbocycles. The molecule has 2 atom stereocenters. The summed E-state index contributed by atoms with van der Waals surface area (Å²) < 4.78 is 10.3. The lowest BCUT2D eigenvalue weighted by molar-refractivity contribution is -0.153. The van der Waals surface area contributed by atoms with Crippen LogP contribution in [0.2, 0.25) is 0 Å². The van der Waals surface area contributed by atoms with E-state index in [0.717, 1.165) is 0 Å². The molecule has 0 spiro atoms. The van der Waals surface area contributed by atoms with Gasteiger partial charge in [0.25, 0.3) is 0 Å². The number of ether oxygens (including phenoxy) is 1. The molecule has 2 rings (SSSR count). The molecule has 1 amide bonds. The van der Waals surface area contributed by atoms with Crippen LogP contribution in [0.25, 0.3) is 0 Å². The molecule has 1 aromatic rings. The summed E-state index contributed by atoms with van der Waals surface area (Å²) in [6.45, 7) is 0.736. The summed E-state index contributed by atoms with van der Waals surface area (Å²) in [7, 11) is 1.55. The van der Waals surface area contributed by atoms with Gasteiger partial charge in [0.15, 0.2) is 0 Å². The molecule has 0 radical (unpaired) electrons. The number of amides is 1. The maximum Gasteiger partial charge on any atom is 0.309 e. The first-order valence-electron chi connectivity index (χ1n) is 6.19. The number of nitrogens with zero attached hydrogens (tertiary/aromatic N) is 1. The molecular weight excluding hydrogens is 250 g/mol. The molecule has 1 fully saturated rings. The summed E-state index contributed by atoms with van der Waals surface area (Å²) in [6.07, 6.45) is 2.07. The molecule has 0 aliphatic carbocycles. The number of hydrogen-bond acceptors (Lipinski definition) is 4. The van der Waals surface area contributed by atoms with E-state index < -0.39 is 17.9 Å². The maximum absolute atomic E-state index is 12.0. The van der Waals surface area contributed by atoms with E-state index in [-0.39, 0.29) is 12.3 Å². The Kier molecular flexibility index (Phi) is 4.21. The Hall–Kier alpha value is -1.82. The number of rotatable bonds is 5. The average molecular weight is 267 g/mol. The lowest BCUT2D eigenvalue weighted by Crippen LogP contribution is -2.46. The number of hydrogen-bond donors (Lipinski definition) is 1. The number of carbonyl (C=O) groups is 2. The van der Waals surface area contributed by atoms with Crippen LogP contribution in [0.3, 0.4) is 0 Å². The Labute approximate surface area is 110 Å². The van der Waals surface area contributed by atoms with Crippen molar-refractivity contribution in [2.75, 3.05) is 20.3 Å². The van der Waals surface area contributed by atoms with Crippen molar-refractivity contribution in [3.8, 4) is 0 Å². The largest absolute Gasteiger partial charge is 0.481 e. The van der Waals surface area contributed by atoms with Crippen LogP contribution < -0.4 is 0 Å². The van der Waals surface area contributed by atoms with Crippen LogP contribution in [-0.4, -0.2) is 42.1 Å². The second-order valence-electron chi connectivity index (χ2n) is 4.52. The van der Waals surface area contributed by atoms with E-state index >= 15 is 0 Å². The van der Waals surface area contributed by atoms with Crippen LogP contribution in [0.4, 0.5) is 0 Å². The molecule has 19 heavy (non-hydrogen) atoms. The van der Waals surface area contributed by atoms with Gasteiger partial charge in [0, 0.05) is 20.1 Å². The van der Waals surface area contributed by atoms with Crippen LogP contribution in [0.1, 0.15) is 24.6 Å². The number of aliphatic carboxylic acids is 1. The van der Waals surface area contributed by atoms with Gasteiger partial charge in [-0.15, -0.1) is 0 Å². The summed E-state index contributed by atoms with van der Waals surface area (Å²) in [6, 6.07) is 2.85. The van der Waals surface area contributed by atoms with Crippen LogP contribution >= 0.6 is 0 Å². The van der Waals surface area contributed by atoms with E-state index in [1.807, 2.05) is 0 Å². The molecular formula is C13H17NO5. The highest BCUT2D eigenvalue weighted by molar-refractivity contribution is 5.81. The maximum atomic E-state index is 12.0. The van der Waals surface area contributed by atoms with Crippen molar-refractivity contribution in [1.29, 1.82) is 0 Å². The summed E-state index contributed by atoms with van der Waals surface area (Å²) in [5.74, 6) is -1.09. The Morgan fingerprint density at radius 2 is 2.42 bits per heavy atom. The van der Waals surface area contributed by atoms with E-state index in [1.54, 1.807) is 24.1 Å². The third kappa shape index (κ3) is 2.78. The van der Waals surface area contributed by atoms with Crippen molar-refractivity contribution < 1.29 is 23.8 Å². The van der Waals surface area contributed by atoms with Gasteiger partial charge in [-0.2, -0.15) is 0 Å². The summed E-state index contributed by atoms with van der Waals surface area (Å²) in [5.41, 5.74) is 0. The predicted molar refractivity (Wildman–Crippen MR) is 65.4 cm³/mol. The van der Waals surface area contributed by atoms with Crippen LogP contribution in [-0.2, 0) is 14.3 Å². The fourth-order valence-corrected chi connectivity index (χ4v) is 2.48. The second kappa shape index (κ2) is 5.88. The van der Waals surface area contributed by atoms with Crippen molar-refractivity contribution in [3.05, 3.63) is 24.2 Å². The SMILES string of the molecule is COCCN1C(=O)CCC(C(=O)O)C1c1ccco1. The Morgan fingerprint density at radius 3 is 3.00 bits per heavy atom. The van der Waals surface area contributed by atoms with Crippen molar-refractivity contribution >= 4 is 11.9 Å². The van der Waals surface area contributed by atoms with E-state index in [0.29, 0.717) is 25.3 Å². The topological polar surface area (TPSA) is 80.0 Å². The number of methoxy groups -OCH3 is 1. The normalized spacial score (nSPS) is 23.6. The number of piperidine rings is 1. The number of carboxylic acid groups (broad SMARTS) is 1. The van der Waals surface area contributed by atoms with E-state index in [4.69, 9.17) is 9.15 Å². The highest BCUT2D eigenvalue weighted by atomic mass is 16.5. The van der Waals surface area contributed by atoms with Crippen LogP contribution in [0.15, 0.2) is 22.8 Å². The molecule has 1 N–H and O–H groups in total. The quantitative estimate of drug-likeness (QED) is 0.869. The van der Waals surface area contributed by atoms with Crippen LogP contribution in [0, 0.1) is 5.92 Å². The molecule has 2 heterocycles. The number of furan rings is 1. The third-order valence-electron chi connectivity index (χ3n) is 3.39. The van der Waals surface area contributed by atoms with Crippen molar-refractivity contribution in [2.24, 2.45) is 5.92 Å².